The normalized spacial score (nSPS) is 14.9. The van der Waals surface area contributed by atoms with Crippen LogP contribution in [0.1, 0.15) is 24.1 Å². The smallest absolute Gasteiger partial charge is 0.347 e. The fourth-order valence-corrected chi connectivity index (χ4v) is 5.46. The fourth-order valence-electron chi connectivity index (χ4n) is 2.74. The van der Waals surface area contributed by atoms with Crippen molar-refractivity contribution in [2.75, 3.05) is 18.0 Å². The van der Waals surface area contributed by atoms with E-state index < -0.39 is 11.7 Å². The maximum absolute atomic E-state index is 12.7. The highest BCUT2D eigenvalue weighted by Crippen LogP contribution is 2.34. The number of rotatable bonds is 5. The molecule has 1 fully saturated rings. The lowest BCUT2D eigenvalue weighted by Gasteiger charge is -2.10. The molecule has 27 heavy (non-hydrogen) atoms. The van der Waals surface area contributed by atoms with Gasteiger partial charge in [0.05, 0.1) is 11.3 Å². The van der Waals surface area contributed by atoms with Crippen LogP contribution >= 0.6 is 34.4 Å². The summed E-state index contributed by atoms with van der Waals surface area (Å²) in [6.45, 7) is 2.09. The van der Waals surface area contributed by atoms with E-state index in [2.05, 4.69) is 20.1 Å². The molecule has 3 heterocycles. The van der Waals surface area contributed by atoms with Gasteiger partial charge in [0.1, 0.15) is 5.01 Å². The SMILES string of the molecule is FC(F)(F)c1ccc(-c2nc(CSc3nnc(N4CCCC4)s3)cs2)cc1. The van der Waals surface area contributed by atoms with Gasteiger partial charge in [-0.2, -0.15) is 13.2 Å². The zero-order valence-electron chi connectivity index (χ0n) is 14.1. The van der Waals surface area contributed by atoms with Crippen molar-refractivity contribution in [1.82, 2.24) is 15.2 Å². The van der Waals surface area contributed by atoms with Crippen molar-refractivity contribution in [1.29, 1.82) is 0 Å². The summed E-state index contributed by atoms with van der Waals surface area (Å²) in [5.41, 5.74) is 0.929. The van der Waals surface area contributed by atoms with Gasteiger partial charge in [-0.3, -0.25) is 0 Å². The molecule has 0 atom stereocenters. The maximum atomic E-state index is 12.7. The molecule has 0 radical (unpaired) electrons. The largest absolute Gasteiger partial charge is 0.416 e. The van der Waals surface area contributed by atoms with Crippen LogP contribution in [0, 0.1) is 0 Å². The molecular formula is C17H15F3N4S3. The summed E-state index contributed by atoms with van der Waals surface area (Å²) < 4.78 is 38.9. The molecule has 1 aliphatic heterocycles. The van der Waals surface area contributed by atoms with Crippen molar-refractivity contribution in [3.8, 4) is 10.6 Å². The van der Waals surface area contributed by atoms with Gasteiger partial charge in [0.25, 0.3) is 0 Å². The molecule has 0 bridgehead atoms. The third-order valence-electron chi connectivity index (χ3n) is 4.13. The third-order valence-corrected chi connectivity index (χ3v) is 7.22. The Morgan fingerprint density at radius 3 is 2.52 bits per heavy atom. The molecule has 142 valence electrons. The lowest BCUT2D eigenvalue weighted by atomic mass is 10.1. The summed E-state index contributed by atoms with van der Waals surface area (Å²) in [6, 6.07) is 5.11. The number of aromatic nitrogens is 3. The molecule has 0 spiro atoms. The molecule has 1 saturated heterocycles. The number of thiazole rings is 1. The van der Waals surface area contributed by atoms with Gasteiger partial charge in [0.15, 0.2) is 4.34 Å². The molecule has 0 aliphatic carbocycles. The standard InChI is InChI=1S/C17H15F3N4S3/c18-17(19,20)12-5-3-11(4-6-12)14-21-13(9-25-14)10-26-16-23-22-15(27-16)24-7-1-2-8-24/h3-6,9H,1-2,7-8,10H2. The Balaban J connectivity index is 1.38. The summed E-state index contributed by atoms with van der Waals surface area (Å²) in [4.78, 5) is 6.79. The van der Waals surface area contributed by atoms with Gasteiger partial charge >= 0.3 is 6.18 Å². The van der Waals surface area contributed by atoms with Crippen LogP contribution in [-0.4, -0.2) is 28.3 Å². The summed E-state index contributed by atoms with van der Waals surface area (Å²) in [6.07, 6.45) is -1.92. The Bertz CT molecular complexity index is 899. The first-order valence-electron chi connectivity index (χ1n) is 8.32. The zero-order chi connectivity index (χ0) is 18.9. The van der Waals surface area contributed by atoms with Gasteiger partial charge < -0.3 is 4.90 Å². The van der Waals surface area contributed by atoms with Crippen LogP contribution in [0.3, 0.4) is 0 Å². The van der Waals surface area contributed by atoms with Crippen molar-refractivity contribution in [3.05, 3.63) is 40.9 Å². The Morgan fingerprint density at radius 1 is 1.07 bits per heavy atom. The molecule has 0 unspecified atom stereocenters. The second-order valence-corrected chi connectivity index (χ2v) is 9.09. The van der Waals surface area contributed by atoms with Gasteiger partial charge in [-0.05, 0) is 25.0 Å². The van der Waals surface area contributed by atoms with Crippen molar-refractivity contribution < 1.29 is 13.2 Å². The number of benzene rings is 1. The molecule has 1 aliphatic rings. The van der Waals surface area contributed by atoms with E-state index in [4.69, 9.17) is 0 Å². The predicted octanol–water partition coefficient (Wildman–Crippen LogP) is 5.57. The molecular weight excluding hydrogens is 413 g/mol. The number of hydrogen-bond acceptors (Lipinski definition) is 7. The quantitative estimate of drug-likeness (QED) is 0.497. The van der Waals surface area contributed by atoms with Gasteiger partial charge in [-0.15, -0.1) is 21.5 Å². The first kappa shape index (κ1) is 18.7. The van der Waals surface area contributed by atoms with E-state index in [1.807, 2.05) is 5.38 Å². The fraction of sp³-hybridized carbons (Fsp3) is 0.353. The highest BCUT2D eigenvalue weighted by Gasteiger charge is 2.30. The Morgan fingerprint density at radius 2 is 1.81 bits per heavy atom. The summed E-state index contributed by atoms with van der Waals surface area (Å²) >= 11 is 4.60. The van der Waals surface area contributed by atoms with Crippen LogP contribution in [0.25, 0.3) is 10.6 Å². The van der Waals surface area contributed by atoms with E-state index in [0.29, 0.717) is 16.3 Å². The second-order valence-electron chi connectivity index (χ2n) is 6.05. The van der Waals surface area contributed by atoms with E-state index >= 15 is 0 Å². The van der Waals surface area contributed by atoms with E-state index in [1.165, 1.54) is 36.3 Å². The minimum atomic E-state index is -4.32. The van der Waals surface area contributed by atoms with Crippen LogP contribution in [0.4, 0.5) is 18.3 Å². The van der Waals surface area contributed by atoms with E-state index in [0.717, 1.165) is 40.4 Å². The van der Waals surface area contributed by atoms with Gasteiger partial charge in [0.2, 0.25) is 5.13 Å². The van der Waals surface area contributed by atoms with E-state index in [9.17, 15) is 13.2 Å². The van der Waals surface area contributed by atoms with E-state index in [1.54, 1.807) is 23.1 Å². The van der Waals surface area contributed by atoms with E-state index in [-0.39, 0.29) is 0 Å². The molecule has 0 saturated carbocycles. The summed E-state index contributed by atoms with van der Waals surface area (Å²) in [7, 11) is 0. The average Bonchev–Trinajstić information content (AvgIpc) is 3.39. The number of alkyl halides is 3. The molecule has 4 nitrogen and oxygen atoms in total. The lowest BCUT2D eigenvalue weighted by molar-refractivity contribution is -0.137. The monoisotopic (exact) mass is 428 g/mol. The van der Waals surface area contributed by atoms with Crippen LogP contribution < -0.4 is 4.90 Å². The minimum absolute atomic E-state index is 0.649. The molecule has 0 N–H and O–H groups in total. The van der Waals surface area contributed by atoms with Crippen LogP contribution in [0.15, 0.2) is 34.0 Å². The van der Waals surface area contributed by atoms with Crippen LogP contribution in [0.2, 0.25) is 0 Å². The number of thioether (sulfide) groups is 1. The van der Waals surface area contributed by atoms with Crippen molar-refractivity contribution in [2.24, 2.45) is 0 Å². The van der Waals surface area contributed by atoms with Crippen LogP contribution in [-0.2, 0) is 11.9 Å². The highest BCUT2D eigenvalue weighted by atomic mass is 32.2. The first-order valence-corrected chi connectivity index (χ1v) is 11.0. The molecule has 3 aromatic rings. The number of nitrogens with zero attached hydrogens (tertiary/aromatic N) is 4. The molecule has 10 heteroatoms. The topological polar surface area (TPSA) is 41.9 Å². The second kappa shape index (κ2) is 7.76. The van der Waals surface area contributed by atoms with Crippen molar-refractivity contribution in [2.45, 2.75) is 29.1 Å². The molecule has 4 rings (SSSR count). The van der Waals surface area contributed by atoms with Crippen molar-refractivity contribution >= 4 is 39.6 Å². The van der Waals surface area contributed by atoms with Gasteiger partial charge in [0, 0.05) is 29.8 Å². The number of anilines is 1. The molecule has 2 aromatic heterocycles. The molecule has 1 aromatic carbocycles. The van der Waals surface area contributed by atoms with Gasteiger partial charge in [-0.25, -0.2) is 4.98 Å². The number of hydrogen-bond donors (Lipinski definition) is 0. The minimum Gasteiger partial charge on any atom is -0.347 e. The summed E-state index contributed by atoms with van der Waals surface area (Å²) in [5.74, 6) is 0.659. The third kappa shape index (κ3) is 4.44. The Kier molecular flexibility index (Phi) is 5.38. The zero-order valence-corrected chi connectivity index (χ0v) is 16.5. The molecule has 0 amide bonds. The predicted molar refractivity (Wildman–Crippen MR) is 103 cm³/mol. The first-order chi connectivity index (χ1) is 13.0. The van der Waals surface area contributed by atoms with Crippen LogP contribution in [0.5, 0.6) is 0 Å². The summed E-state index contributed by atoms with van der Waals surface area (Å²) in [5, 5.41) is 12.1. The highest BCUT2D eigenvalue weighted by molar-refractivity contribution is 8.00. The van der Waals surface area contributed by atoms with Crippen molar-refractivity contribution in [3.63, 3.8) is 0 Å². The Hall–Kier alpha value is -1.65. The maximum Gasteiger partial charge on any atom is 0.416 e. The number of halogens is 3. The average molecular weight is 429 g/mol. The Labute approximate surface area is 166 Å². The van der Waals surface area contributed by atoms with Gasteiger partial charge in [-0.1, -0.05) is 35.2 Å². The lowest BCUT2D eigenvalue weighted by Crippen LogP contribution is -2.17.